The van der Waals surface area contributed by atoms with Gasteiger partial charge in [0.25, 0.3) is 0 Å². The quantitative estimate of drug-likeness (QED) is 0.417. The Balaban J connectivity index is 2.21. The minimum Gasteiger partial charge on any atom is -0.0786 e. The van der Waals surface area contributed by atoms with Gasteiger partial charge in [-0.25, -0.2) is 0 Å². The van der Waals surface area contributed by atoms with Gasteiger partial charge in [-0.2, -0.15) is 0 Å². The normalized spacial score (nSPS) is 12.6. The third kappa shape index (κ3) is 2.67. The van der Waals surface area contributed by atoms with Gasteiger partial charge in [-0.05, 0) is 52.9 Å². The molecule has 1 atom stereocenters. The summed E-state index contributed by atoms with van der Waals surface area (Å²) in [5, 5.41) is 2.54. The molecule has 0 saturated heterocycles. The Hall–Kier alpha value is -1.12. The maximum absolute atomic E-state index is 3.91. The standard InChI is InChI=1S/C19H16Br2/c1-12-6-5-9-14(13(12)2)19(21)17-10-11-18(20)16-8-4-3-7-15(16)17/h3-11,19H,1-2H3. The van der Waals surface area contributed by atoms with Gasteiger partial charge in [0.05, 0.1) is 4.83 Å². The molecular formula is C19H16Br2. The monoisotopic (exact) mass is 402 g/mol. The van der Waals surface area contributed by atoms with Crippen molar-refractivity contribution in [2.45, 2.75) is 18.7 Å². The number of aryl methyl sites for hydroxylation is 1. The first-order chi connectivity index (χ1) is 10.1. The van der Waals surface area contributed by atoms with Crippen molar-refractivity contribution in [2.75, 3.05) is 0 Å². The van der Waals surface area contributed by atoms with Crippen molar-refractivity contribution < 1.29 is 0 Å². The topological polar surface area (TPSA) is 0 Å². The molecule has 0 aliphatic rings. The van der Waals surface area contributed by atoms with Crippen LogP contribution in [0, 0.1) is 13.8 Å². The molecule has 0 aliphatic heterocycles. The van der Waals surface area contributed by atoms with Crippen molar-refractivity contribution >= 4 is 42.6 Å². The molecule has 0 aliphatic carbocycles. The van der Waals surface area contributed by atoms with Gasteiger partial charge in [-0.15, -0.1) is 0 Å². The van der Waals surface area contributed by atoms with Crippen LogP contribution in [-0.2, 0) is 0 Å². The van der Waals surface area contributed by atoms with Crippen LogP contribution in [0.4, 0.5) is 0 Å². The fraction of sp³-hybridized carbons (Fsp3) is 0.158. The van der Waals surface area contributed by atoms with E-state index in [-0.39, 0.29) is 4.83 Å². The molecule has 0 nitrogen and oxygen atoms in total. The molecule has 3 rings (SSSR count). The van der Waals surface area contributed by atoms with Crippen molar-refractivity contribution in [2.24, 2.45) is 0 Å². The van der Waals surface area contributed by atoms with Crippen molar-refractivity contribution in [3.63, 3.8) is 0 Å². The average Bonchev–Trinajstić information content (AvgIpc) is 2.50. The molecule has 0 fully saturated rings. The summed E-state index contributed by atoms with van der Waals surface area (Å²) in [6.45, 7) is 4.36. The van der Waals surface area contributed by atoms with E-state index in [4.69, 9.17) is 0 Å². The Labute approximate surface area is 142 Å². The highest BCUT2D eigenvalue weighted by atomic mass is 79.9. The smallest absolute Gasteiger partial charge is 0.0653 e. The highest BCUT2D eigenvalue weighted by molar-refractivity contribution is 9.10. The van der Waals surface area contributed by atoms with Gasteiger partial charge in [-0.3, -0.25) is 0 Å². The van der Waals surface area contributed by atoms with E-state index in [9.17, 15) is 0 Å². The number of alkyl halides is 1. The minimum atomic E-state index is 0.204. The fourth-order valence-corrected chi connectivity index (χ4v) is 4.10. The Morgan fingerprint density at radius 2 is 1.48 bits per heavy atom. The van der Waals surface area contributed by atoms with E-state index in [2.05, 4.69) is 100 Å². The van der Waals surface area contributed by atoms with Crippen molar-refractivity contribution in [3.05, 3.63) is 81.3 Å². The number of rotatable bonds is 2. The van der Waals surface area contributed by atoms with E-state index in [0.29, 0.717) is 0 Å². The van der Waals surface area contributed by atoms with E-state index in [1.807, 2.05) is 0 Å². The second-order valence-electron chi connectivity index (χ2n) is 5.33. The zero-order valence-corrected chi connectivity index (χ0v) is 15.2. The predicted molar refractivity (Wildman–Crippen MR) is 98.3 cm³/mol. The van der Waals surface area contributed by atoms with Crippen LogP contribution in [0.25, 0.3) is 10.8 Å². The molecule has 0 aromatic heterocycles. The molecule has 106 valence electrons. The molecule has 0 saturated carbocycles. The lowest BCUT2D eigenvalue weighted by atomic mass is 9.94. The summed E-state index contributed by atoms with van der Waals surface area (Å²) in [6, 6.07) is 19.4. The van der Waals surface area contributed by atoms with E-state index in [1.165, 1.54) is 33.0 Å². The highest BCUT2D eigenvalue weighted by Crippen LogP contribution is 2.39. The molecule has 0 spiro atoms. The van der Waals surface area contributed by atoms with Gasteiger partial charge in [0.15, 0.2) is 0 Å². The minimum absolute atomic E-state index is 0.204. The number of benzene rings is 3. The summed E-state index contributed by atoms with van der Waals surface area (Å²) < 4.78 is 1.14. The largest absolute Gasteiger partial charge is 0.0786 e. The second-order valence-corrected chi connectivity index (χ2v) is 7.10. The van der Waals surface area contributed by atoms with Crippen LogP contribution in [0.15, 0.2) is 59.1 Å². The number of fused-ring (bicyclic) bond motifs is 1. The van der Waals surface area contributed by atoms with E-state index >= 15 is 0 Å². The number of hydrogen-bond acceptors (Lipinski definition) is 0. The van der Waals surface area contributed by atoms with Crippen LogP contribution in [0.5, 0.6) is 0 Å². The van der Waals surface area contributed by atoms with Crippen LogP contribution in [0.2, 0.25) is 0 Å². The van der Waals surface area contributed by atoms with Gasteiger partial charge in [-0.1, -0.05) is 80.4 Å². The van der Waals surface area contributed by atoms with Crippen LogP contribution < -0.4 is 0 Å². The van der Waals surface area contributed by atoms with Crippen molar-refractivity contribution in [1.29, 1.82) is 0 Å². The lowest BCUT2D eigenvalue weighted by Crippen LogP contribution is -1.98. The summed E-state index contributed by atoms with van der Waals surface area (Å²) in [4.78, 5) is 0.204. The molecule has 1 unspecified atom stereocenters. The molecule has 21 heavy (non-hydrogen) atoms. The summed E-state index contributed by atoms with van der Waals surface area (Å²) in [5.74, 6) is 0. The van der Waals surface area contributed by atoms with Gasteiger partial charge in [0.1, 0.15) is 0 Å². The maximum Gasteiger partial charge on any atom is 0.0653 e. The Morgan fingerprint density at radius 3 is 2.24 bits per heavy atom. The Kier molecular flexibility index (Phi) is 4.19. The van der Waals surface area contributed by atoms with Crippen LogP contribution in [0.1, 0.15) is 27.1 Å². The first-order valence-electron chi connectivity index (χ1n) is 6.97. The van der Waals surface area contributed by atoms with Crippen molar-refractivity contribution in [1.82, 2.24) is 0 Å². The summed E-state index contributed by atoms with van der Waals surface area (Å²) >= 11 is 7.56. The zero-order valence-electron chi connectivity index (χ0n) is 12.0. The van der Waals surface area contributed by atoms with Gasteiger partial charge < -0.3 is 0 Å². The predicted octanol–water partition coefficient (Wildman–Crippen LogP) is 6.70. The van der Waals surface area contributed by atoms with Crippen molar-refractivity contribution in [3.8, 4) is 0 Å². The zero-order chi connectivity index (χ0) is 15.0. The lowest BCUT2D eigenvalue weighted by Gasteiger charge is -2.17. The third-order valence-corrected chi connectivity index (χ3v) is 5.78. The molecule has 0 radical (unpaired) electrons. The van der Waals surface area contributed by atoms with Crippen LogP contribution >= 0.6 is 31.9 Å². The summed E-state index contributed by atoms with van der Waals surface area (Å²) in [5.41, 5.74) is 5.33. The Bertz CT molecular complexity index is 806. The van der Waals surface area contributed by atoms with Gasteiger partial charge in [0, 0.05) is 4.47 Å². The molecule has 0 N–H and O–H groups in total. The molecular weight excluding hydrogens is 388 g/mol. The second kappa shape index (κ2) is 5.94. The number of halogens is 2. The van der Waals surface area contributed by atoms with Gasteiger partial charge in [0.2, 0.25) is 0 Å². The molecule has 3 aromatic carbocycles. The van der Waals surface area contributed by atoms with Crippen LogP contribution in [0.3, 0.4) is 0 Å². The molecule has 0 amide bonds. The molecule has 3 aromatic rings. The van der Waals surface area contributed by atoms with E-state index in [0.717, 1.165) is 4.47 Å². The fourth-order valence-electron chi connectivity index (χ4n) is 2.72. The lowest BCUT2D eigenvalue weighted by molar-refractivity contribution is 1.14. The molecule has 2 heteroatoms. The SMILES string of the molecule is Cc1cccc(C(Br)c2ccc(Br)c3ccccc23)c1C. The van der Waals surface area contributed by atoms with E-state index in [1.54, 1.807) is 0 Å². The van der Waals surface area contributed by atoms with Gasteiger partial charge >= 0.3 is 0 Å². The first-order valence-corrected chi connectivity index (χ1v) is 8.68. The van der Waals surface area contributed by atoms with Crippen LogP contribution in [-0.4, -0.2) is 0 Å². The maximum atomic E-state index is 3.91. The summed E-state index contributed by atoms with van der Waals surface area (Å²) in [6.07, 6.45) is 0. The molecule has 0 heterocycles. The molecule has 0 bridgehead atoms. The average molecular weight is 404 g/mol. The van der Waals surface area contributed by atoms with E-state index < -0.39 is 0 Å². The summed E-state index contributed by atoms with van der Waals surface area (Å²) in [7, 11) is 0. The number of hydrogen-bond donors (Lipinski definition) is 0. The highest BCUT2D eigenvalue weighted by Gasteiger charge is 2.16. The third-order valence-electron chi connectivity index (χ3n) is 4.10. The first kappa shape index (κ1) is 14.8. The Morgan fingerprint density at radius 1 is 0.762 bits per heavy atom.